The Bertz CT molecular complexity index is 340. The number of aliphatic hydroxyl groups excluding tert-OH is 1. The second-order valence-corrected chi connectivity index (χ2v) is 6.61. The van der Waals surface area contributed by atoms with Gasteiger partial charge in [0.1, 0.15) is 0 Å². The van der Waals surface area contributed by atoms with E-state index < -0.39 is 11.0 Å². The normalized spacial score (nSPS) is 43.2. The summed E-state index contributed by atoms with van der Waals surface area (Å²) in [5.74, 6) is 0.588. The van der Waals surface area contributed by atoms with Gasteiger partial charge in [-0.2, -0.15) is 0 Å². The number of hydrogen-bond acceptors (Lipinski definition) is 4. The third kappa shape index (κ3) is 2.78. The number of carbonyl (C=O) groups is 1. The van der Waals surface area contributed by atoms with Gasteiger partial charge < -0.3 is 20.9 Å². The van der Waals surface area contributed by atoms with Crippen LogP contribution in [-0.2, 0) is 9.53 Å². The molecule has 0 bridgehead atoms. The van der Waals surface area contributed by atoms with Gasteiger partial charge in [0, 0.05) is 6.04 Å². The van der Waals surface area contributed by atoms with E-state index in [0.29, 0.717) is 19.1 Å². The van der Waals surface area contributed by atoms with Gasteiger partial charge in [-0.3, -0.25) is 4.79 Å². The molecule has 2 atom stereocenters. The van der Waals surface area contributed by atoms with Crippen LogP contribution >= 0.6 is 0 Å². The largest absolute Gasteiger partial charge is 0.394 e. The van der Waals surface area contributed by atoms with E-state index in [1.807, 2.05) is 6.92 Å². The molecule has 0 aromatic rings. The molecule has 4 N–H and O–H groups in total. The minimum Gasteiger partial charge on any atom is -0.394 e. The van der Waals surface area contributed by atoms with Crippen molar-refractivity contribution in [3.05, 3.63) is 0 Å². The third-order valence-corrected chi connectivity index (χ3v) is 4.95. The zero-order valence-electron chi connectivity index (χ0n) is 11.9. The molecule has 1 saturated heterocycles. The van der Waals surface area contributed by atoms with Crippen LogP contribution in [0.25, 0.3) is 0 Å². The van der Waals surface area contributed by atoms with Gasteiger partial charge in [0.05, 0.1) is 30.8 Å². The van der Waals surface area contributed by atoms with Crippen molar-refractivity contribution in [2.45, 2.75) is 51.1 Å². The summed E-state index contributed by atoms with van der Waals surface area (Å²) < 4.78 is 5.32. The zero-order valence-corrected chi connectivity index (χ0v) is 11.9. The van der Waals surface area contributed by atoms with Gasteiger partial charge in [0.25, 0.3) is 0 Å². The quantitative estimate of drug-likeness (QED) is 0.693. The van der Waals surface area contributed by atoms with Crippen molar-refractivity contribution in [1.82, 2.24) is 5.32 Å². The highest BCUT2D eigenvalue weighted by Crippen LogP contribution is 2.34. The highest BCUT2D eigenvalue weighted by atomic mass is 16.5. The molecule has 2 unspecified atom stereocenters. The molecular weight excluding hydrogens is 244 g/mol. The molecule has 110 valence electrons. The summed E-state index contributed by atoms with van der Waals surface area (Å²) in [6.45, 7) is 4.84. The lowest BCUT2D eigenvalue weighted by Crippen LogP contribution is -2.59. The van der Waals surface area contributed by atoms with E-state index >= 15 is 0 Å². The molecule has 2 aliphatic rings. The van der Waals surface area contributed by atoms with Crippen LogP contribution in [0.4, 0.5) is 0 Å². The Hall–Kier alpha value is -0.650. The number of nitrogens with two attached hydrogens (primary N) is 1. The summed E-state index contributed by atoms with van der Waals surface area (Å²) in [7, 11) is 0. The maximum Gasteiger partial charge on any atom is 0.230 e. The van der Waals surface area contributed by atoms with E-state index in [4.69, 9.17) is 10.5 Å². The van der Waals surface area contributed by atoms with Crippen molar-refractivity contribution in [2.24, 2.45) is 17.1 Å². The Kier molecular flexibility index (Phi) is 4.18. The fourth-order valence-electron chi connectivity index (χ4n) is 2.94. The summed E-state index contributed by atoms with van der Waals surface area (Å²) in [4.78, 5) is 12.5. The monoisotopic (exact) mass is 270 g/mol. The molecule has 5 nitrogen and oxygen atoms in total. The molecular formula is C14H26N2O3. The average molecular weight is 270 g/mol. The van der Waals surface area contributed by atoms with Crippen molar-refractivity contribution in [3.63, 3.8) is 0 Å². The zero-order chi connectivity index (χ0) is 14.1. The van der Waals surface area contributed by atoms with Gasteiger partial charge in [-0.15, -0.1) is 0 Å². The molecule has 0 aromatic heterocycles. The van der Waals surface area contributed by atoms with Gasteiger partial charge in [0.15, 0.2) is 0 Å². The Morgan fingerprint density at radius 3 is 2.58 bits per heavy atom. The molecule has 1 saturated carbocycles. The number of amides is 1. The Morgan fingerprint density at radius 2 is 2.11 bits per heavy atom. The van der Waals surface area contributed by atoms with Crippen LogP contribution in [0.3, 0.4) is 0 Å². The topological polar surface area (TPSA) is 84.6 Å². The third-order valence-electron chi connectivity index (χ3n) is 4.95. The van der Waals surface area contributed by atoms with Gasteiger partial charge >= 0.3 is 0 Å². The highest BCUT2D eigenvalue weighted by Gasteiger charge is 2.47. The first kappa shape index (κ1) is 14.8. The van der Waals surface area contributed by atoms with Crippen LogP contribution in [0.2, 0.25) is 0 Å². The second-order valence-electron chi connectivity index (χ2n) is 6.61. The SMILES string of the molecule is CC1CCC(CO)(NC(=O)C2(C)COCC2N)CC1. The van der Waals surface area contributed by atoms with E-state index in [1.54, 1.807) is 0 Å². The number of hydrogen-bond donors (Lipinski definition) is 3. The van der Waals surface area contributed by atoms with Crippen LogP contribution < -0.4 is 11.1 Å². The molecule has 19 heavy (non-hydrogen) atoms. The second kappa shape index (κ2) is 5.38. The molecule has 1 aliphatic heterocycles. The first-order valence-corrected chi connectivity index (χ1v) is 7.19. The van der Waals surface area contributed by atoms with Crippen LogP contribution in [0, 0.1) is 11.3 Å². The predicted molar refractivity (Wildman–Crippen MR) is 72.5 cm³/mol. The lowest BCUT2D eigenvalue weighted by Gasteiger charge is -2.41. The molecule has 2 rings (SSSR count). The first-order valence-electron chi connectivity index (χ1n) is 7.19. The maximum absolute atomic E-state index is 12.5. The van der Waals surface area contributed by atoms with E-state index in [-0.39, 0.29) is 18.6 Å². The summed E-state index contributed by atoms with van der Waals surface area (Å²) in [6.07, 6.45) is 3.76. The Labute approximate surface area is 114 Å². The van der Waals surface area contributed by atoms with Crippen LogP contribution in [0.15, 0.2) is 0 Å². The van der Waals surface area contributed by atoms with E-state index in [1.165, 1.54) is 0 Å². The van der Waals surface area contributed by atoms with Gasteiger partial charge in [-0.1, -0.05) is 6.92 Å². The van der Waals surface area contributed by atoms with Gasteiger partial charge in [-0.05, 0) is 38.5 Å². The highest BCUT2D eigenvalue weighted by molar-refractivity contribution is 5.84. The van der Waals surface area contributed by atoms with Gasteiger partial charge in [-0.25, -0.2) is 0 Å². The number of aliphatic hydroxyl groups is 1. The summed E-state index contributed by atoms with van der Waals surface area (Å²) in [5, 5.41) is 12.8. The molecule has 1 heterocycles. The average Bonchev–Trinajstić information content (AvgIpc) is 2.74. The number of ether oxygens (including phenoxy) is 1. The van der Waals surface area contributed by atoms with Crippen LogP contribution in [0.5, 0.6) is 0 Å². The molecule has 0 spiro atoms. The smallest absolute Gasteiger partial charge is 0.230 e. The number of carbonyl (C=O) groups excluding carboxylic acids is 1. The van der Waals surface area contributed by atoms with E-state index in [9.17, 15) is 9.90 Å². The molecule has 0 radical (unpaired) electrons. The fourth-order valence-corrected chi connectivity index (χ4v) is 2.94. The van der Waals surface area contributed by atoms with Crippen molar-refractivity contribution in [3.8, 4) is 0 Å². The summed E-state index contributed by atoms with van der Waals surface area (Å²) in [6, 6.07) is -0.272. The minimum atomic E-state index is -0.675. The molecule has 2 fully saturated rings. The van der Waals surface area contributed by atoms with Crippen LogP contribution in [0.1, 0.15) is 39.5 Å². The van der Waals surface area contributed by atoms with E-state index in [2.05, 4.69) is 12.2 Å². The van der Waals surface area contributed by atoms with E-state index in [0.717, 1.165) is 25.7 Å². The summed E-state index contributed by atoms with van der Waals surface area (Å²) >= 11 is 0. The lowest BCUT2D eigenvalue weighted by atomic mass is 9.76. The van der Waals surface area contributed by atoms with Crippen molar-refractivity contribution >= 4 is 5.91 Å². The molecule has 5 heteroatoms. The molecule has 1 amide bonds. The minimum absolute atomic E-state index is 0.00235. The standard InChI is InChI=1S/C14H26N2O3/c1-10-3-5-14(8-17,6-4-10)16-12(18)13(2)9-19-7-11(13)15/h10-11,17H,3-9,15H2,1-2H3,(H,16,18). The van der Waals surface area contributed by atoms with Crippen molar-refractivity contribution in [1.29, 1.82) is 0 Å². The number of nitrogens with one attached hydrogen (secondary N) is 1. The first-order chi connectivity index (χ1) is 8.92. The predicted octanol–water partition coefficient (Wildman–Crippen LogP) is 0.408. The van der Waals surface area contributed by atoms with Crippen molar-refractivity contribution in [2.75, 3.05) is 19.8 Å². The maximum atomic E-state index is 12.5. The van der Waals surface area contributed by atoms with Crippen molar-refractivity contribution < 1.29 is 14.6 Å². The summed E-state index contributed by atoms with van der Waals surface area (Å²) in [5.41, 5.74) is 4.84. The molecule has 0 aromatic carbocycles. The molecule has 1 aliphatic carbocycles. The Morgan fingerprint density at radius 1 is 1.47 bits per heavy atom. The fraction of sp³-hybridized carbons (Fsp3) is 0.929. The van der Waals surface area contributed by atoms with Crippen LogP contribution in [-0.4, -0.2) is 42.4 Å². The van der Waals surface area contributed by atoms with Gasteiger partial charge in [0.2, 0.25) is 5.91 Å². The number of rotatable bonds is 3. The Balaban J connectivity index is 2.04. The lowest BCUT2D eigenvalue weighted by molar-refractivity contribution is -0.134.